The molecule has 6 nitrogen and oxygen atoms in total. The molecule has 116 valence electrons. The van der Waals surface area contributed by atoms with Crippen molar-refractivity contribution < 1.29 is 19.2 Å². The lowest BCUT2D eigenvalue weighted by atomic mass is 9.98. The zero-order valence-corrected chi connectivity index (χ0v) is 12.4. The summed E-state index contributed by atoms with van der Waals surface area (Å²) in [6, 6.07) is 6.79. The maximum Gasteiger partial charge on any atom is 0.337 e. The van der Waals surface area contributed by atoms with Crippen molar-refractivity contribution >= 4 is 5.97 Å². The van der Waals surface area contributed by atoms with Crippen molar-refractivity contribution in [3.05, 3.63) is 35.7 Å². The van der Waals surface area contributed by atoms with Crippen LogP contribution in [0.3, 0.4) is 0 Å². The van der Waals surface area contributed by atoms with Crippen LogP contribution in [-0.2, 0) is 11.2 Å². The van der Waals surface area contributed by atoms with E-state index in [1.165, 1.54) is 7.11 Å². The number of carbonyl (C=O) groups is 1. The van der Waals surface area contributed by atoms with Crippen LogP contribution in [0, 0.1) is 0 Å². The molecule has 0 unspecified atom stereocenters. The molecular weight excluding hydrogens is 284 g/mol. The van der Waals surface area contributed by atoms with E-state index in [9.17, 15) is 9.90 Å². The molecule has 0 spiro atoms. The van der Waals surface area contributed by atoms with E-state index in [0.717, 1.165) is 31.2 Å². The smallest absolute Gasteiger partial charge is 0.337 e. The lowest BCUT2D eigenvalue weighted by Crippen LogP contribution is -2.27. The molecule has 6 heteroatoms. The van der Waals surface area contributed by atoms with E-state index < -0.39 is 5.60 Å². The van der Waals surface area contributed by atoms with Gasteiger partial charge in [0.25, 0.3) is 0 Å². The van der Waals surface area contributed by atoms with Crippen molar-refractivity contribution in [2.24, 2.45) is 0 Å². The summed E-state index contributed by atoms with van der Waals surface area (Å²) in [6.45, 7) is 0. The third-order valence-corrected chi connectivity index (χ3v) is 4.05. The highest BCUT2D eigenvalue weighted by atomic mass is 16.5. The Hall–Kier alpha value is -2.21. The number of aliphatic hydroxyl groups is 1. The van der Waals surface area contributed by atoms with E-state index in [1.807, 2.05) is 0 Å². The van der Waals surface area contributed by atoms with Crippen LogP contribution in [0.1, 0.15) is 41.9 Å². The largest absolute Gasteiger partial charge is 0.465 e. The number of nitrogens with zero attached hydrogens (tertiary/aromatic N) is 2. The monoisotopic (exact) mass is 302 g/mol. The van der Waals surface area contributed by atoms with Gasteiger partial charge in [-0.1, -0.05) is 30.1 Å². The number of carbonyl (C=O) groups excluding carboxylic acids is 1. The Labute approximate surface area is 128 Å². The van der Waals surface area contributed by atoms with E-state index in [2.05, 4.69) is 14.9 Å². The highest BCUT2D eigenvalue weighted by Gasteiger charge is 2.33. The number of benzene rings is 1. The van der Waals surface area contributed by atoms with Crippen LogP contribution in [0.25, 0.3) is 11.4 Å². The number of rotatable bonds is 4. The predicted octanol–water partition coefficient (Wildman–Crippen LogP) is 2.37. The van der Waals surface area contributed by atoms with Gasteiger partial charge < -0.3 is 14.4 Å². The Kier molecular flexibility index (Phi) is 3.94. The van der Waals surface area contributed by atoms with Gasteiger partial charge in [-0.3, -0.25) is 0 Å². The summed E-state index contributed by atoms with van der Waals surface area (Å²) in [7, 11) is 1.34. The molecule has 1 aliphatic carbocycles. The molecule has 1 saturated carbocycles. The fraction of sp³-hybridized carbons (Fsp3) is 0.438. The summed E-state index contributed by atoms with van der Waals surface area (Å²) in [5, 5.41) is 14.3. The standard InChI is InChI=1S/C16H18N2O4/c1-21-15(19)12-6-4-11(5-7-12)14-17-13(22-18-14)10-16(20)8-2-3-9-16/h4-7,20H,2-3,8-10H2,1H3. The lowest BCUT2D eigenvalue weighted by molar-refractivity contribution is 0.0402. The zero-order valence-electron chi connectivity index (χ0n) is 12.4. The van der Waals surface area contributed by atoms with Crippen LogP contribution in [0.2, 0.25) is 0 Å². The maximum absolute atomic E-state index is 11.4. The highest BCUT2D eigenvalue weighted by Crippen LogP contribution is 2.32. The van der Waals surface area contributed by atoms with Crippen LogP contribution < -0.4 is 0 Å². The van der Waals surface area contributed by atoms with Crippen molar-refractivity contribution in [1.29, 1.82) is 0 Å². The van der Waals surface area contributed by atoms with E-state index in [1.54, 1.807) is 24.3 Å². The first kappa shape index (κ1) is 14.7. The van der Waals surface area contributed by atoms with Gasteiger partial charge in [0.15, 0.2) is 0 Å². The zero-order chi connectivity index (χ0) is 15.6. The fourth-order valence-corrected chi connectivity index (χ4v) is 2.81. The van der Waals surface area contributed by atoms with E-state index >= 15 is 0 Å². The molecule has 0 amide bonds. The summed E-state index contributed by atoms with van der Waals surface area (Å²) >= 11 is 0. The maximum atomic E-state index is 11.4. The van der Waals surface area contributed by atoms with Crippen molar-refractivity contribution in [2.45, 2.75) is 37.7 Å². The van der Waals surface area contributed by atoms with Crippen LogP contribution in [0.4, 0.5) is 0 Å². The van der Waals surface area contributed by atoms with Gasteiger partial charge in [0.2, 0.25) is 11.7 Å². The summed E-state index contributed by atoms with van der Waals surface area (Å²) in [4.78, 5) is 15.7. The van der Waals surface area contributed by atoms with Gasteiger partial charge in [0.1, 0.15) is 0 Å². The summed E-state index contributed by atoms with van der Waals surface area (Å²) in [5.74, 6) is 0.508. The first-order chi connectivity index (χ1) is 10.6. The van der Waals surface area contributed by atoms with Gasteiger partial charge in [-0.2, -0.15) is 4.98 Å². The second kappa shape index (κ2) is 5.88. The van der Waals surface area contributed by atoms with Crippen LogP contribution >= 0.6 is 0 Å². The molecule has 0 aliphatic heterocycles. The van der Waals surface area contributed by atoms with Gasteiger partial charge in [0.05, 0.1) is 24.7 Å². The molecule has 1 aliphatic rings. The third-order valence-electron chi connectivity index (χ3n) is 4.05. The van der Waals surface area contributed by atoms with Crippen molar-refractivity contribution in [1.82, 2.24) is 10.1 Å². The quantitative estimate of drug-likeness (QED) is 0.873. The number of aromatic nitrogens is 2. The number of hydrogen-bond acceptors (Lipinski definition) is 6. The van der Waals surface area contributed by atoms with Gasteiger partial charge in [-0.15, -0.1) is 0 Å². The first-order valence-corrected chi connectivity index (χ1v) is 7.33. The van der Waals surface area contributed by atoms with E-state index in [-0.39, 0.29) is 5.97 Å². The number of ether oxygens (including phenoxy) is 1. The van der Waals surface area contributed by atoms with Gasteiger partial charge in [-0.25, -0.2) is 4.79 Å². The molecule has 2 aromatic rings. The Balaban J connectivity index is 1.74. The average Bonchev–Trinajstić information content (AvgIpc) is 3.16. The predicted molar refractivity (Wildman–Crippen MR) is 78.2 cm³/mol. The molecule has 22 heavy (non-hydrogen) atoms. The first-order valence-electron chi connectivity index (χ1n) is 7.33. The molecule has 0 atom stereocenters. The fourth-order valence-electron chi connectivity index (χ4n) is 2.81. The molecule has 1 heterocycles. The second-order valence-corrected chi connectivity index (χ2v) is 5.69. The Morgan fingerprint density at radius 1 is 1.32 bits per heavy atom. The third kappa shape index (κ3) is 3.01. The normalized spacial score (nSPS) is 16.6. The minimum atomic E-state index is -0.710. The summed E-state index contributed by atoms with van der Waals surface area (Å²) in [6.07, 6.45) is 4.01. The van der Waals surface area contributed by atoms with Gasteiger partial charge in [-0.05, 0) is 25.0 Å². The Morgan fingerprint density at radius 2 is 2.00 bits per heavy atom. The van der Waals surface area contributed by atoms with Gasteiger partial charge >= 0.3 is 5.97 Å². The second-order valence-electron chi connectivity index (χ2n) is 5.69. The molecular formula is C16H18N2O4. The van der Waals surface area contributed by atoms with Crippen molar-refractivity contribution in [2.75, 3.05) is 7.11 Å². The number of methoxy groups -OCH3 is 1. The lowest BCUT2D eigenvalue weighted by Gasteiger charge is -2.18. The minimum Gasteiger partial charge on any atom is -0.465 e. The topological polar surface area (TPSA) is 85.5 Å². The Morgan fingerprint density at radius 3 is 2.64 bits per heavy atom. The Bertz CT molecular complexity index is 657. The number of hydrogen-bond donors (Lipinski definition) is 1. The van der Waals surface area contributed by atoms with Crippen molar-refractivity contribution in [3.63, 3.8) is 0 Å². The molecule has 0 saturated heterocycles. The molecule has 1 fully saturated rings. The molecule has 1 aromatic carbocycles. The average molecular weight is 302 g/mol. The summed E-state index contributed by atoms with van der Waals surface area (Å²) < 4.78 is 9.89. The molecule has 0 radical (unpaired) electrons. The SMILES string of the molecule is COC(=O)c1ccc(-c2noc(CC3(O)CCCC3)n2)cc1. The van der Waals surface area contributed by atoms with Crippen LogP contribution in [-0.4, -0.2) is 33.9 Å². The molecule has 1 aromatic heterocycles. The van der Waals surface area contributed by atoms with Crippen LogP contribution in [0.5, 0.6) is 0 Å². The molecule has 3 rings (SSSR count). The summed E-state index contributed by atoms with van der Waals surface area (Å²) in [5.41, 5.74) is 0.509. The molecule has 1 N–H and O–H groups in total. The van der Waals surface area contributed by atoms with Gasteiger partial charge in [0, 0.05) is 5.56 Å². The van der Waals surface area contributed by atoms with E-state index in [0.29, 0.717) is 23.7 Å². The molecule has 0 bridgehead atoms. The van der Waals surface area contributed by atoms with Crippen LogP contribution in [0.15, 0.2) is 28.8 Å². The van der Waals surface area contributed by atoms with Crippen molar-refractivity contribution in [3.8, 4) is 11.4 Å². The van der Waals surface area contributed by atoms with E-state index in [4.69, 9.17) is 4.52 Å². The highest BCUT2D eigenvalue weighted by molar-refractivity contribution is 5.89. The number of esters is 1. The minimum absolute atomic E-state index is 0.385.